The first-order valence-corrected chi connectivity index (χ1v) is 4.81. The molecule has 0 fully saturated rings. The van der Waals surface area contributed by atoms with Crippen LogP contribution in [0.5, 0.6) is 0 Å². The Kier molecular flexibility index (Phi) is 2.30. The highest BCUT2D eigenvalue weighted by Gasteiger charge is 2.06. The number of aliphatic hydroxyl groups excluding tert-OH is 1. The van der Waals surface area contributed by atoms with E-state index in [1.54, 1.807) is 0 Å². The fraction of sp³-hybridized carbons (Fsp3) is 0.333. The summed E-state index contributed by atoms with van der Waals surface area (Å²) in [4.78, 5) is 0. The molecule has 1 heterocycles. The fourth-order valence-corrected chi connectivity index (χ4v) is 1.80. The number of aryl methyl sites for hydroxylation is 2. The molecule has 2 heteroatoms. The molecule has 0 aliphatic carbocycles. The monoisotopic (exact) mass is 190 g/mol. The number of rotatable bonds is 2. The quantitative estimate of drug-likeness (QED) is 0.789. The topological polar surface area (TPSA) is 33.4 Å². The van der Waals surface area contributed by atoms with E-state index in [4.69, 9.17) is 9.52 Å². The molecule has 0 aliphatic heterocycles. The zero-order valence-electron chi connectivity index (χ0n) is 8.50. The number of hydrogen-bond acceptors (Lipinski definition) is 2. The van der Waals surface area contributed by atoms with Crippen molar-refractivity contribution in [2.24, 2.45) is 0 Å². The van der Waals surface area contributed by atoms with E-state index in [0.717, 1.165) is 22.3 Å². The second-order valence-corrected chi connectivity index (χ2v) is 3.69. The molecule has 1 aromatic heterocycles. The number of benzene rings is 1. The van der Waals surface area contributed by atoms with Crippen LogP contribution in [0.15, 0.2) is 22.6 Å². The Morgan fingerprint density at radius 2 is 2.00 bits per heavy atom. The van der Waals surface area contributed by atoms with Gasteiger partial charge in [0.25, 0.3) is 0 Å². The Labute approximate surface area is 83.2 Å². The van der Waals surface area contributed by atoms with E-state index in [1.807, 2.05) is 13.0 Å². The molecule has 0 atom stereocenters. The van der Waals surface area contributed by atoms with E-state index in [9.17, 15) is 0 Å². The average Bonchev–Trinajstić information content (AvgIpc) is 2.48. The van der Waals surface area contributed by atoms with Crippen molar-refractivity contribution < 1.29 is 9.52 Å². The fourth-order valence-electron chi connectivity index (χ4n) is 1.80. The van der Waals surface area contributed by atoms with Crippen LogP contribution in [0.2, 0.25) is 0 Å². The van der Waals surface area contributed by atoms with Gasteiger partial charge < -0.3 is 9.52 Å². The normalized spacial score (nSPS) is 11.1. The minimum Gasteiger partial charge on any atom is -0.461 e. The Bertz CT molecular complexity index is 455. The zero-order valence-corrected chi connectivity index (χ0v) is 8.50. The van der Waals surface area contributed by atoms with Gasteiger partial charge >= 0.3 is 0 Å². The van der Waals surface area contributed by atoms with Gasteiger partial charge in [0.05, 0.1) is 6.61 Å². The van der Waals surface area contributed by atoms with Crippen molar-refractivity contribution in [3.05, 3.63) is 35.1 Å². The predicted molar refractivity (Wildman–Crippen MR) is 56.5 cm³/mol. The standard InChI is InChI=1S/C12H14O2/c1-8-5-9(2)12-10(6-8)7-11(14-12)3-4-13/h5-7,13H,3-4H2,1-2H3. The third-order valence-electron chi connectivity index (χ3n) is 2.36. The van der Waals surface area contributed by atoms with Crippen LogP contribution in [-0.4, -0.2) is 11.7 Å². The van der Waals surface area contributed by atoms with Gasteiger partial charge in [-0.25, -0.2) is 0 Å². The number of furan rings is 1. The van der Waals surface area contributed by atoms with Crippen molar-refractivity contribution in [2.75, 3.05) is 6.61 Å². The molecule has 1 N–H and O–H groups in total. The molecular formula is C12H14O2. The van der Waals surface area contributed by atoms with Crippen molar-refractivity contribution in [3.63, 3.8) is 0 Å². The van der Waals surface area contributed by atoms with E-state index in [0.29, 0.717) is 6.42 Å². The van der Waals surface area contributed by atoms with E-state index < -0.39 is 0 Å². The number of fused-ring (bicyclic) bond motifs is 1. The molecule has 2 nitrogen and oxygen atoms in total. The highest BCUT2D eigenvalue weighted by Crippen LogP contribution is 2.24. The highest BCUT2D eigenvalue weighted by atomic mass is 16.3. The van der Waals surface area contributed by atoms with Crippen LogP contribution in [0.4, 0.5) is 0 Å². The molecule has 14 heavy (non-hydrogen) atoms. The van der Waals surface area contributed by atoms with Gasteiger partial charge in [0.1, 0.15) is 11.3 Å². The van der Waals surface area contributed by atoms with Gasteiger partial charge in [-0.2, -0.15) is 0 Å². The predicted octanol–water partition coefficient (Wildman–Crippen LogP) is 2.58. The largest absolute Gasteiger partial charge is 0.461 e. The summed E-state index contributed by atoms with van der Waals surface area (Å²) in [5, 5.41) is 9.94. The van der Waals surface area contributed by atoms with Gasteiger partial charge in [0.15, 0.2) is 0 Å². The molecule has 2 aromatic rings. The molecule has 0 unspecified atom stereocenters. The molecule has 0 aliphatic rings. The molecule has 0 amide bonds. The summed E-state index contributed by atoms with van der Waals surface area (Å²) in [5.41, 5.74) is 3.34. The molecule has 0 saturated heterocycles. The van der Waals surface area contributed by atoms with E-state index in [-0.39, 0.29) is 6.61 Å². The minimum absolute atomic E-state index is 0.137. The van der Waals surface area contributed by atoms with Gasteiger partial charge in [-0.15, -0.1) is 0 Å². The van der Waals surface area contributed by atoms with Crippen LogP contribution in [0.25, 0.3) is 11.0 Å². The Hall–Kier alpha value is -1.28. The van der Waals surface area contributed by atoms with Crippen LogP contribution in [0.1, 0.15) is 16.9 Å². The molecule has 1 aromatic carbocycles. The molecule has 2 rings (SSSR count). The third kappa shape index (κ3) is 1.53. The summed E-state index contributed by atoms with van der Waals surface area (Å²) in [6.07, 6.45) is 0.590. The molecule has 0 spiro atoms. The van der Waals surface area contributed by atoms with Crippen molar-refractivity contribution >= 4 is 11.0 Å². The molecule has 0 radical (unpaired) electrons. The SMILES string of the molecule is Cc1cc(C)c2oc(CCO)cc2c1. The van der Waals surface area contributed by atoms with E-state index in [1.165, 1.54) is 5.56 Å². The number of hydrogen-bond donors (Lipinski definition) is 1. The van der Waals surface area contributed by atoms with Crippen molar-refractivity contribution in [3.8, 4) is 0 Å². The third-order valence-corrected chi connectivity index (χ3v) is 2.36. The second kappa shape index (κ2) is 3.46. The Morgan fingerprint density at radius 3 is 2.71 bits per heavy atom. The summed E-state index contributed by atoms with van der Waals surface area (Å²) in [5.74, 6) is 0.858. The van der Waals surface area contributed by atoms with Gasteiger partial charge in [-0.3, -0.25) is 0 Å². The zero-order chi connectivity index (χ0) is 10.1. The molecule has 74 valence electrons. The summed E-state index contributed by atoms with van der Waals surface area (Å²) in [6.45, 7) is 4.25. The van der Waals surface area contributed by atoms with Gasteiger partial charge in [0.2, 0.25) is 0 Å². The maximum absolute atomic E-state index is 8.81. The summed E-state index contributed by atoms with van der Waals surface area (Å²) in [7, 11) is 0. The summed E-state index contributed by atoms with van der Waals surface area (Å²) in [6, 6.07) is 6.22. The van der Waals surface area contributed by atoms with Crippen LogP contribution < -0.4 is 0 Å². The summed E-state index contributed by atoms with van der Waals surface area (Å²) < 4.78 is 5.63. The lowest BCUT2D eigenvalue weighted by Gasteiger charge is -1.96. The first-order chi connectivity index (χ1) is 6.70. The minimum atomic E-state index is 0.137. The smallest absolute Gasteiger partial charge is 0.137 e. The summed E-state index contributed by atoms with van der Waals surface area (Å²) >= 11 is 0. The second-order valence-electron chi connectivity index (χ2n) is 3.69. The molecule has 0 bridgehead atoms. The first kappa shape index (κ1) is 9.28. The van der Waals surface area contributed by atoms with Crippen LogP contribution >= 0.6 is 0 Å². The maximum atomic E-state index is 8.81. The van der Waals surface area contributed by atoms with Gasteiger partial charge in [-0.1, -0.05) is 11.6 Å². The molecular weight excluding hydrogens is 176 g/mol. The Morgan fingerprint density at radius 1 is 1.21 bits per heavy atom. The lowest BCUT2D eigenvalue weighted by Crippen LogP contribution is -1.85. The van der Waals surface area contributed by atoms with Crippen LogP contribution in [0.3, 0.4) is 0 Å². The van der Waals surface area contributed by atoms with E-state index in [2.05, 4.69) is 19.1 Å². The van der Waals surface area contributed by atoms with Gasteiger partial charge in [-0.05, 0) is 31.5 Å². The Balaban J connectivity index is 2.58. The van der Waals surface area contributed by atoms with Gasteiger partial charge in [0, 0.05) is 11.8 Å². The first-order valence-electron chi connectivity index (χ1n) is 4.81. The lowest BCUT2D eigenvalue weighted by atomic mass is 10.1. The highest BCUT2D eigenvalue weighted by molar-refractivity contribution is 5.81. The number of aliphatic hydroxyl groups is 1. The lowest BCUT2D eigenvalue weighted by molar-refractivity contribution is 0.289. The maximum Gasteiger partial charge on any atom is 0.137 e. The van der Waals surface area contributed by atoms with Crippen molar-refractivity contribution in [1.29, 1.82) is 0 Å². The van der Waals surface area contributed by atoms with Crippen molar-refractivity contribution in [2.45, 2.75) is 20.3 Å². The van der Waals surface area contributed by atoms with Crippen LogP contribution in [0, 0.1) is 13.8 Å². The van der Waals surface area contributed by atoms with Crippen LogP contribution in [-0.2, 0) is 6.42 Å². The van der Waals surface area contributed by atoms with Crippen molar-refractivity contribution in [1.82, 2.24) is 0 Å². The molecule has 0 saturated carbocycles. The average molecular weight is 190 g/mol. The van der Waals surface area contributed by atoms with E-state index >= 15 is 0 Å².